The number of benzene rings is 3. The minimum atomic E-state index is -0.337. The third kappa shape index (κ3) is 9.53. The van der Waals surface area contributed by atoms with E-state index < -0.39 is 0 Å². The maximum absolute atomic E-state index is 12.2. The Hall–Kier alpha value is -3.15. The van der Waals surface area contributed by atoms with E-state index in [1.54, 1.807) is 0 Å². The maximum Gasteiger partial charge on any atom is 0.164 e. The van der Waals surface area contributed by atoms with Gasteiger partial charge in [0.05, 0.1) is 0 Å². The number of hydrogen-bond donors (Lipinski definition) is 1. The molecule has 6 rings (SSSR count). The van der Waals surface area contributed by atoms with Crippen LogP contribution in [0.2, 0.25) is 0 Å². The van der Waals surface area contributed by atoms with Crippen molar-refractivity contribution in [2.45, 2.75) is 121 Å². The van der Waals surface area contributed by atoms with Crippen LogP contribution in [0.1, 0.15) is 118 Å². The van der Waals surface area contributed by atoms with Crippen LogP contribution >= 0.6 is 22.7 Å². The maximum atomic E-state index is 12.2. The zero-order valence-corrected chi connectivity index (χ0v) is 39.0. The summed E-state index contributed by atoms with van der Waals surface area (Å²) in [6.07, 6.45) is 7.85. The molecule has 6 heteroatoms. The molecule has 3 aromatic carbocycles. The number of nitrogens with zero attached hydrogens (tertiary/aromatic N) is 1. The summed E-state index contributed by atoms with van der Waals surface area (Å²) in [5, 5.41) is 15.2. The number of rotatable bonds is 11. The number of thiophene rings is 2. The van der Waals surface area contributed by atoms with Gasteiger partial charge < -0.3 is 5.11 Å². The van der Waals surface area contributed by atoms with Crippen LogP contribution in [-0.2, 0) is 36.7 Å². The summed E-state index contributed by atoms with van der Waals surface area (Å²) in [5.41, 5.74) is 5.58. The fraction of sp³-hybridized carbons (Fsp3) is 0.429. The van der Waals surface area contributed by atoms with Crippen LogP contribution in [0.15, 0.2) is 78.7 Å². The molecule has 0 atom stereocenters. The molecular formula is C49H60IrNO2S2-. The first kappa shape index (κ1) is 44.6. The summed E-state index contributed by atoms with van der Waals surface area (Å²) in [6.45, 7) is 25.8. The van der Waals surface area contributed by atoms with Crippen LogP contribution < -0.4 is 0 Å². The predicted molar refractivity (Wildman–Crippen MR) is 237 cm³/mol. The molecule has 3 aromatic heterocycles. The van der Waals surface area contributed by atoms with Crippen molar-refractivity contribution in [2.24, 2.45) is 16.7 Å². The topological polar surface area (TPSA) is 50.2 Å². The molecule has 0 fully saturated rings. The van der Waals surface area contributed by atoms with Gasteiger partial charge in [0.1, 0.15) is 5.76 Å². The molecule has 0 saturated heterocycles. The fourth-order valence-corrected chi connectivity index (χ4v) is 9.49. The van der Waals surface area contributed by atoms with E-state index in [-0.39, 0.29) is 47.9 Å². The Kier molecular flexibility index (Phi) is 14.6. The monoisotopic (exact) mass is 951 g/mol. The molecule has 55 heavy (non-hydrogen) atoms. The van der Waals surface area contributed by atoms with Crippen LogP contribution in [0.25, 0.3) is 52.6 Å². The van der Waals surface area contributed by atoms with Crippen molar-refractivity contribution in [3.63, 3.8) is 0 Å². The number of allylic oxidation sites excluding steroid dienone is 2. The van der Waals surface area contributed by atoms with Crippen molar-refractivity contribution in [1.29, 1.82) is 0 Å². The number of aromatic nitrogens is 1. The number of ketones is 1. The second-order valence-corrected chi connectivity index (χ2v) is 19.2. The van der Waals surface area contributed by atoms with E-state index in [1.807, 2.05) is 70.4 Å². The van der Waals surface area contributed by atoms with Gasteiger partial charge >= 0.3 is 0 Å². The van der Waals surface area contributed by atoms with E-state index >= 15 is 0 Å². The average Bonchev–Trinajstić information content (AvgIpc) is 3.73. The van der Waals surface area contributed by atoms with E-state index in [1.165, 1.54) is 58.1 Å². The average molecular weight is 951 g/mol. The first-order valence-electron chi connectivity index (χ1n) is 19.8. The molecule has 0 bridgehead atoms. The number of aliphatic hydroxyl groups excluding tert-OH is 1. The first-order chi connectivity index (χ1) is 25.5. The summed E-state index contributed by atoms with van der Waals surface area (Å²) in [6, 6.07) is 26.1. The van der Waals surface area contributed by atoms with E-state index in [0.717, 1.165) is 48.7 Å². The van der Waals surface area contributed by atoms with Gasteiger partial charge in [-0.2, -0.15) is 0 Å². The molecular weight excluding hydrogens is 891 g/mol. The molecule has 295 valence electrons. The Balaban J connectivity index is 0.000000320. The third-order valence-electron chi connectivity index (χ3n) is 11.8. The second-order valence-electron chi connectivity index (χ2n) is 17.0. The molecule has 0 saturated carbocycles. The van der Waals surface area contributed by atoms with Gasteiger partial charge in [0.15, 0.2) is 5.78 Å². The van der Waals surface area contributed by atoms with Gasteiger partial charge in [-0.3, -0.25) is 9.78 Å². The molecule has 1 radical (unpaired) electrons. The number of fused-ring (bicyclic) bond motifs is 3. The minimum absolute atomic E-state index is 0. The van der Waals surface area contributed by atoms with Gasteiger partial charge in [0.25, 0.3) is 0 Å². The normalized spacial score (nSPS) is 12.6. The van der Waals surface area contributed by atoms with Gasteiger partial charge in [-0.05, 0) is 90.5 Å². The summed E-state index contributed by atoms with van der Waals surface area (Å²) >= 11 is 3.81. The van der Waals surface area contributed by atoms with Crippen molar-refractivity contribution in [2.75, 3.05) is 0 Å². The van der Waals surface area contributed by atoms with Crippen LogP contribution in [0.5, 0.6) is 0 Å². The molecule has 0 unspecified atom stereocenters. The molecule has 1 N–H and O–H groups in total. The number of pyridine rings is 1. The molecule has 6 aromatic rings. The summed E-state index contributed by atoms with van der Waals surface area (Å²) in [4.78, 5) is 19.9. The zero-order chi connectivity index (χ0) is 39.6. The first-order valence-corrected chi connectivity index (χ1v) is 21.4. The second kappa shape index (κ2) is 18.0. The SMILES string of the molecule is CCC(C)(CC)C(=O)/C=C(\O)C(C)(CC)CC.Cc1c(CC(C)C)sc2cc(-c3cc4c(-c5[c-]c6ccccc6c(C(C)(C)C)c5)nccc4s3)ccc12.[Ir]. The molecule has 3 heterocycles. The summed E-state index contributed by atoms with van der Waals surface area (Å²) in [5.74, 6) is 0.958. The van der Waals surface area contributed by atoms with Gasteiger partial charge in [-0.25, -0.2) is 0 Å². The van der Waals surface area contributed by atoms with Gasteiger partial charge in [0, 0.05) is 68.1 Å². The van der Waals surface area contributed by atoms with Crippen LogP contribution in [0.3, 0.4) is 0 Å². The van der Waals surface area contributed by atoms with E-state index in [4.69, 9.17) is 4.98 Å². The molecule has 0 spiro atoms. The Morgan fingerprint density at radius 1 is 0.818 bits per heavy atom. The van der Waals surface area contributed by atoms with Gasteiger partial charge in [-0.15, -0.1) is 51.8 Å². The largest absolute Gasteiger partial charge is 0.512 e. The zero-order valence-electron chi connectivity index (χ0n) is 35.0. The quantitative estimate of drug-likeness (QED) is 0.0800. The number of carbonyl (C=O) groups excluding carboxylic acids is 1. The van der Waals surface area contributed by atoms with Crippen molar-refractivity contribution in [3.05, 3.63) is 101 Å². The Bertz CT molecular complexity index is 2290. The van der Waals surface area contributed by atoms with Gasteiger partial charge in [0.2, 0.25) is 0 Å². The molecule has 0 aliphatic rings. The molecule has 0 amide bonds. The van der Waals surface area contributed by atoms with Crippen molar-refractivity contribution >= 4 is 59.4 Å². The Morgan fingerprint density at radius 3 is 2.09 bits per heavy atom. The third-order valence-corrected chi connectivity index (χ3v) is 14.2. The minimum Gasteiger partial charge on any atom is -0.512 e. The van der Waals surface area contributed by atoms with Crippen molar-refractivity contribution in [1.82, 2.24) is 4.98 Å². The molecule has 0 aliphatic heterocycles. The van der Waals surface area contributed by atoms with E-state index in [2.05, 4.69) is 108 Å². The molecule has 0 aliphatic carbocycles. The summed E-state index contributed by atoms with van der Waals surface area (Å²) in [7, 11) is 0. The fourth-order valence-electron chi connectivity index (χ4n) is 6.98. The number of hydrogen-bond acceptors (Lipinski definition) is 5. The predicted octanol–water partition coefficient (Wildman–Crippen LogP) is 15.3. The van der Waals surface area contributed by atoms with Crippen LogP contribution in [0.4, 0.5) is 0 Å². The van der Waals surface area contributed by atoms with Crippen molar-refractivity contribution in [3.8, 4) is 21.7 Å². The molecule has 3 nitrogen and oxygen atoms in total. The number of carbonyl (C=O) groups is 1. The summed E-state index contributed by atoms with van der Waals surface area (Å²) < 4.78 is 2.65. The smallest absolute Gasteiger partial charge is 0.164 e. The van der Waals surface area contributed by atoms with Gasteiger partial charge in [-0.1, -0.05) is 117 Å². The number of aryl methyl sites for hydroxylation is 1. The number of aliphatic hydroxyl groups is 1. The Labute approximate surface area is 352 Å². The van der Waals surface area contributed by atoms with Crippen molar-refractivity contribution < 1.29 is 30.0 Å². The van der Waals surface area contributed by atoms with E-state index in [9.17, 15) is 9.90 Å². The standard InChI is InChI=1S/C34H32NS2.C15H28O2.Ir/c1-20(2)15-30-21(3)25-12-11-23(18-32(25)37-30)31-19-27-29(36-31)13-14-35-33(27)24-16-22-9-7-8-10-26(22)28(17-24)34(4,5)6;1-7-14(5,8-2)12(16)11-13(17)15(6,9-3)10-4;/h7-14,17-20H,15H2,1-6H3;11,16H,7-10H2,1-6H3;/q-1;;/b;12-11-;. The Morgan fingerprint density at radius 2 is 1.47 bits per heavy atom. The van der Waals surface area contributed by atoms with E-state index in [0.29, 0.717) is 5.92 Å². The van der Waals surface area contributed by atoms with Crippen LogP contribution in [-0.4, -0.2) is 15.9 Å². The van der Waals surface area contributed by atoms with Crippen LogP contribution in [0, 0.1) is 29.7 Å².